The van der Waals surface area contributed by atoms with E-state index in [2.05, 4.69) is 9.97 Å². The molecule has 0 unspecified atom stereocenters. The summed E-state index contributed by atoms with van der Waals surface area (Å²) in [5, 5.41) is 0. The normalized spacial score (nSPS) is 13.8. The second-order valence-corrected chi connectivity index (χ2v) is 5.19. The van der Waals surface area contributed by atoms with E-state index < -0.39 is 11.8 Å². The summed E-state index contributed by atoms with van der Waals surface area (Å²) in [7, 11) is 0. The van der Waals surface area contributed by atoms with Crippen molar-refractivity contribution in [2.75, 3.05) is 4.90 Å². The third-order valence-corrected chi connectivity index (χ3v) is 3.67. The molecule has 3 aromatic rings. The highest BCUT2D eigenvalue weighted by atomic mass is 16.2. The summed E-state index contributed by atoms with van der Waals surface area (Å²) in [4.78, 5) is 34.8. The third-order valence-electron chi connectivity index (χ3n) is 3.67. The van der Waals surface area contributed by atoms with Gasteiger partial charge in [0.15, 0.2) is 11.4 Å². The van der Waals surface area contributed by atoms with Crippen LogP contribution in [0.2, 0.25) is 0 Å². The highest BCUT2D eigenvalue weighted by Gasteiger charge is 2.39. The van der Waals surface area contributed by atoms with Crippen LogP contribution in [-0.2, 0) is 0 Å². The zero-order valence-electron chi connectivity index (χ0n) is 11.8. The Kier molecular flexibility index (Phi) is 2.56. The van der Waals surface area contributed by atoms with Crippen LogP contribution in [0.4, 0.5) is 5.69 Å². The van der Waals surface area contributed by atoms with Crippen LogP contribution in [0.25, 0.3) is 11.0 Å². The fourth-order valence-corrected chi connectivity index (χ4v) is 2.53. The molecule has 2 aromatic carbocycles. The van der Waals surface area contributed by atoms with Crippen molar-refractivity contribution < 1.29 is 9.59 Å². The summed E-state index contributed by atoms with van der Waals surface area (Å²) < 4.78 is 0. The minimum atomic E-state index is -0.429. The Morgan fingerprint density at radius 3 is 1.77 bits per heavy atom. The van der Waals surface area contributed by atoms with Crippen molar-refractivity contribution in [3.63, 3.8) is 0 Å². The quantitative estimate of drug-likeness (QED) is 0.646. The monoisotopic (exact) mass is 289 g/mol. The van der Waals surface area contributed by atoms with Crippen LogP contribution in [0.3, 0.4) is 0 Å². The van der Waals surface area contributed by atoms with Gasteiger partial charge in [0.1, 0.15) is 0 Å². The lowest BCUT2D eigenvalue weighted by Crippen LogP contribution is -2.29. The lowest BCUT2D eigenvalue weighted by Gasteiger charge is -2.13. The lowest BCUT2D eigenvalue weighted by atomic mass is 10.2. The van der Waals surface area contributed by atoms with Gasteiger partial charge in [0.05, 0.1) is 16.7 Å². The molecule has 0 N–H and O–H groups in total. The number of carbonyl (C=O) groups is 2. The van der Waals surface area contributed by atoms with E-state index in [1.54, 1.807) is 24.3 Å². The first-order valence-electron chi connectivity index (χ1n) is 6.87. The van der Waals surface area contributed by atoms with E-state index in [4.69, 9.17) is 0 Å². The number of benzene rings is 2. The molecule has 106 valence electrons. The van der Waals surface area contributed by atoms with Crippen LogP contribution >= 0.6 is 0 Å². The third kappa shape index (κ3) is 1.72. The van der Waals surface area contributed by atoms with Crippen molar-refractivity contribution >= 4 is 28.5 Å². The van der Waals surface area contributed by atoms with E-state index in [0.29, 0.717) is 16.7 Å². The van der Waals surface area contributed by atoms with Crippen LogP contribution in [0.5, 0.6) is 0 Å². The highest BCUT2D eigenvalue weighted by Crippen LogP contribution is 2.27. The van der Waals surface area contributed by atoms with Gasteiger partial charge in [-0.05, 0) is 31.2 Å². The summed E-state index contributed by atoms with van der Waals surface area (Å²) in [5.74, 6) is -0.857. The average Bonchev–Trinajstić information content (AvgIpc) is 2.78. The molecule has 0 radical (unpaired) electrons. The Bertz CT molecular complexity index is 878. The van der Waals surface area contributed by atoms with E-state index >= 15 is 0 Å². The van der Waals surface area contributed by atoms with Gasteiger partial charge in [0.25, 0.3) is 11.8 Å². The van der Waals surface area contributed by atoms with E-state index in [0.717, 1.165) is 10.5 Å². The smallest absolute Gasteiger partial charge is 0.266 e. The van der Waals surface area contributed by atoms with Gasteiger partial charge in [0, 0.05) is 0 Å². The van der Waals surface area contributed by atoms with Crippen LogP contribution < -0.4 is 4.90 Å². The number of hydrogen-bond donors (Lipinski definition) is 0. The van der Waals surface area contributed by atoms with Crippen LogP contribution in [-0.4, -0.2) is 21.8 Å². The number of amides is 2. The molecule has 2 amide bonds. The summed E-state index contributed by atoms with van der Waals surface area (Å²) in [6.07, 6.45) is 0. The van der Waals surface area contributed by atoms with Gasteiger partial charge in [0.2, 0.25) is 0 Å². The van der Waals surface area contributed by atoms with Crippen molar-refractivity contribution in [3.8, 4) is 0 Å². The first-order chi connectivity index (χ1) is 10.6. The Morgan fingerprint density at radius 2 is 1.27 bits per heavy atom. The summed E-state index contributed by atoms with van der Waals surface area (Å²) in [6, 6.07) is 14.4. The van der Waals surface area contributed by atoms with Gasteiger partial charge in [-0.25, -0.2) is 14.9 Å². The number of fused-ring (bicyclic) bond motifs is 2. The molecule has 0 saturated heterocycles. The van der Waals surface area contributed by atoms with E-state index in [1.807, 2.05) is 31.2 Å². The molecule has 0 fully saturated rings. The maximum Gasteiger partial charge on any atom is 0.286 e. The molecular formula is C17H11N3O2. The number of nitrogens with zero attached hydrogens (tertiary/aromatic N) is 3. The van der Waals surface area contributed by atoms with Gasteiger partial charge < -0.3 is 0 Å². The van der Waals surface area contributed by atoms with E-state index in [-0.39, 0.29) is 11.4 Å². The van der Waals surface area contributed by atoms with Crippen molar-refractivity contribution in [1.29, 1.82) is 0 Å². The Balaban J connectivity index is 1.88. The first-order valence-corrected chi connectivity index (χ1v) is 6.87. The predicted octanol–water partition coefficient (Wildman–Crippen LogP) is 2.74. The van der Waals surface area contributed by atoms with Crippen LogP contribution in [0.1, 0.15) is 26.5 Å². The molecule has 22 heavy (non-hydrogen) atoms. The number of imide groups is 1. The van der Waals surface area contributed by atoms with Crippen molar-refractivity contribution in [1.82, 2.24) is 9.97 Å². The fourth-order valence-electron chi connectivity index (χ4n) is 2.53. The number of anilines is 1. The van der Waals surface area contributed by atoms with Gasteiger partial charge in [-0.3, -0.25) is 9.59 Å². The molecule has 5 heteroatoms. The molecule has 0 bridgehead atoms. The van der Waals surface area contributed by atoms with Crippen molar-refractivity contribution in [2.24, 2.45) is 0 Å². The molecule has 1 aliphatic rings. The molecule has 1 aliphatic heterocycles. The molecule has 0 saturated carbocycles. The zero-order chi connectivity index (χ0) is 15.3. The van der Waals surface area contributed by atoms with Crippen molar-refractivity contribution in [3.05, 3.63) is 65.5 Å². The number of hydrogen-bond acceptors (Lipinski definition) is 4. The molecule has 2 heterocycles. The fraction of sp³-hybridized carbons (Fsp3) is 0.0588. The highest BCUT2D eigenvalue weighted by molar-refractivity contribution is 6.33. The van der Waals surface area contributed by atoms with E-state index in [9.17, 15) is 9.59 Å². The van der Waals surface area contributed by atoms with Crippen LogP contribution in [0.15, 0.2) is 48.5 Å². The Labute approximate surface area is 126 Å². The second kappa shape index (κ2) is 4.46. The number of aromatic nitrogens is 2. The minimum Gasteiger partial charge on any atom is -0.266 e. The molecule has 0 atom stereocenters. The predicted molar refractivity (Wildman–Crippen MR) is 81.9 cm³/mol. The molecule has 0 aliphatic carbocycles. The Hall–Kier alpha value is -3.08. The van der Waals surface area contributed by atoms with E-state index in [1.165, 1.54) is 0 Å². The molecule has 4 rings (SSSR count). The van der Waals surface area contributed by atoms with Gasteiger partial charge in [-0.2, -0.15) is 0 Å². The number of carbonyl (C=O) groups excluding carboxylic acids is 2. The Morgan fingerprint density at radius 1 is 0.773 bits per heavy atom. The number of rotatable bonds is 1. The largest absolute Gasteiger partial charge is 0.286 e. The maximum absolute atomic E-state index is 12.5. The van der Waals surface area contributed by atoms with Gasteiger partial charge in [-0.1, -0.05) is 29.8 Å². The van der Waals surface area contributed by atoms with Gasteiger partial charge >= 0.3 is 0 Å². The molecule has 0 spiro atoms. The van der Waals surface area contributed by atoms with Crippen LogP contribution in [0, 0.1) is 6.92 Å². The summed E-state index contributed by atoms with van der Waals surface area (Å²) in [5.41, 5.74) is 3.03. The summed E-state index contributed by atoms with van der Waals surface area (Å²) in [6.45, 7) is 1.95. The molecule has 1 aromatic heterocycles. The second-order valence-electron chi connectivity index (χ2n) is 5.19. The number of para-hydroxylation sites is 2. The SMILES string of the molecule is Cc1ccc(N2C(=O)c3nc4ccccc4nc3C2=O)cc1. The molecular weight excluding hydrogens is 278 g/mol. The maximum atomic E-state index is 12.5. The molecule has 5 nitrogen and oxygen atoms in total. The van der Waals surface area contributed by atoms with Gasteiger partial charge in [-0.15, -0.1) is 0 Å². The number of aryl methyl sites for hydroxylation is 1. The van der Waals surface area contributed by atoms with Crippen molar-refractivity contribution in [2.45, 2.75) is 6.92 Å². The summed E-state index contributed by atoms with van der Waals surface area (Å²) >= 11 is 0. The standard InChI is InChI=1S/C17H11N3O2/c1-10-6-8-11(9-7-10)20-16(21)14-15(17(20)22)19-13-5-3-2-4-12(13)18-14/h2-9H,1H3. The zero-order valence-corrected chi connectivity index (χ0v) is 11.8. The topological polar surface area (TPSA) is 63.2 Å². The minimum absolute atomic E-state index is 0.115. The lowest BCUT2D eigenvalue weighted by molar-refractivity contribution is 0.0923. The first kappa shape index (κ1) is 12.6. The average molecular weight is 289 g/mol.